The zero-order valence-corrected chi connectivity index (χ0v) is 11.8. The van der Waals surface area contributed by atoms with Crippen LogP contribution in [0.1, 0.15) is 11.1 Å². The highest BCUT2D eigenvalue weighted by Gasteiger charge is 2.05. The lowest BCUT2D eigenvalue weighted by molar-refractivity contribution is -0.120. The maximum absolute atomic E-state index is 13.2. The fourth-order valence-corrected chi connectivity index (χ4v) is 2.08. The van der Waals surface area contributed by atoms with Gasteiger partial charge in [0.15, 0.2) is 0 Å². The van der Waals surface area contributed by atoms with E-state index in [4.69, 9.17) is 5.84 Å². The van der Waals surface area contributed by atoms with Gasteiger partial charge in [-0.2, -0.15) is 0 Å². The molecule has 0 aliphatic carbocycles. The van der Waals surface area contributed by atoms with E-state index in [-0.39, 0.29) is 18.1 Å². The number of nitrogens with zero attached hydrogens (tertiary/aromatic N) is 1. The van der Waals surface area contributed by atoms with E-state index in [0.717, 1.165) is 16.8 Å². The molecule has 0 fully saturated rings. The van der Waals surface area contributed by atoms with E-state index in [2.05, 4.69) is 5.43 Å². The number of nitrogens with two attached hydrogens (primary N) is 1. The summed E-state index contributed by atoms with van der Waals surface area (Å²) >= 11 is 0. The number of carbonyl (C=O) groups excluding carboxylic acids is 1. The SMILES string of the molecule is CN(Cc1ccc(CC(=O)NN)cc1)c1cccc(F)c1. The van der Waals surface area contributed by atoms with Crippen molar-refractivity contribution in [3.63, 3.8) is 0 Å². The van der Waals surface area contributed by atoms with Gasteiger partial charge in [0.25, 0.3) is 0 Å². The Morgan fingerprint density at radius 3 is 2.48 bits per heavy atom. The molecular formula is C16H18FN3O. The highest BCUT2D eigenvalue weighted by Crippen LogP contribution is 2.17. The lowest BCUT2D eigenvalue weighted by Crippen LogP contribution is -2.31. The molecule has 5 heteroatoms. The second-order valence-corrected chi connectivity index (χ2v) is 4.90. The number of hydrogen-bond acceptors (Lipinski definition) is 3. The standard InChI is InChI=1S/C16H18FN3O/c1-20(15-4-2-3-14(17)10-15)11-13-7-5-12(6-8-13)9-16(21)19-18/h2-8,10H,9,11,18H2,1H3,(H,19,21). The van der Waals surface area contributed by atoms with Gasteiger partial charge in [0.2, 0.25) is 5.91 Å². The molecule has 0 aliphatic rings. The van der Waals surface area contributed by atoms with E-state index in [1.165, 1.54) is 12.1 Å². The fourth-order valence-electron chi connectivity index (χ4n) is 2.08. The van der Waals surface area contributed by atoms with E-state index in [0.29, 0.717) is 6.54 Å². The van der Waals surface area contributed by atoms with Crippen LogP contribution < -0.4 is 16.2 Å². The van der Waals surface area contributed by atoms with Crippen LogP contribution in [-0.2, 0) is 17.8 Å². The summed E-state index contributed by atoms with van der Waals surface area (Å²) in [6, 6.07) is 14.2. The minimum absolute atomic E-state index is 0.223. The Morgan fingerprint density at radius 2 is 1.86 bits per heavy atom. The average Bonchev–Trinajstić information content (AvgIpc) is 2.49. The van der Waals surface area contributed by atoms with Gasteiger partial charge >= 0.3 is 0 Å². The third kappa shape index (κ3) is 4.29. The highest BCUT2D eigenvalue weighted by atomic mass is 19.1. The first-order valence-electron chi connectivity index (χ1n) is 6.62. The highest BCUT2D eigenvalue weighted by molar-refractivity contribution is 5.77. The van der Waals surface area contributed by atoms with E-state index in [9.17, 15) is 9.18 Å². The molecule has 0 spiro atoms. The molecule has 0 saturated carbocycles. The first-order chi connectivity index (χ1) is 10.1. The third-order valence-corrected chi connectivity index (χ3v) is 3.22. The lowest BCUT2D eigenvalue weighted by atomic mass is 10.1. The number of rotatable bonds is 5. The third-order valence-electron chi connectivity index (χ3n) is 3.22. The zero-order chi connectivity index (χ0) is 15.2. The summed E-state index contributed by atoms with van der Waals surface area (Å²) in [6.45, 7) is 0.660. The zero-order valence-electron chi connectivity index (χ0n) is 11.8. The minimum atomic E-state index is -0.248. The van der Waals surface area contributed by atoms with Gasteiger partial charge < -0.3 is 4.90 Å². The van der Waals surface area contributed by atoms with Gasteiger partial charge in [0.1, 0.15) is 5.82 Å². The number of carbonyl (C=O) groups is 1. The Balaban J connectivity index is 2.01. The number of amides is 1. The van der Waals surface area contributed by atoms with Crippen molar-refractivity contribution in [3.8, 4) is 0 Å². The van der Waals surface area contributed by atoms with Crippen molar-refractivity contribution in [3.05, 3.63) is 65.5 Å². The van der Waals surface area contributed by atoms with Crippen LogP contribution in [0.4, 0.5) is 10.1 Å². The van der Waals surface area contributed by atoms with E-state index in [1.807, 2.05) is 42.3 Å². The minimum Gasteiger partial charge on any atom is -0.370 e. The summed E-state index contributed by atoms with van der Waals surface area (Å²) in [5, 5.41) is 0. The molecule has 0 saturated heterocycles. The molecule has 110 valence electrons. The van der Waals surface area contributed by atoms with Crippen LogP contribution in [0.25, 0.3) is 0 Å². The van der Waals surface area contributed by atoms with Crippen LogP contribution in [0.3, 0.4) is 0 Å². The molecule has 4 nitrogen and oxygen atoms in total. The van der Waals surface area contributed by atoms with Crippen LogP contribution in [0.2, 0.25) is 0 Å². The van der Waals surface area contributed by atoms with Crippen LogP contribution >= 0.6 is 0 Å². The number of nitrogens with one attached hydrogen (secondary N) is 1. The molecule has 0 aromatic heterocycles. The topological polar surface area (TPSA) is 58.4 Å². The van der Waals surface area contributed by atoms with E-state index < -0.39 is 0 Å². The van der Waals surface area contributed by atoms with Crippen molar-refractivity contribution in [2.24, 2.45) is 5.84 Å². The number of halogens is 1. The molecule has 21 heavy (non-hydrogen) atoms. The maximum atomic E-state index is 13.2. The molecule has 2 aromatic carbocycles. The summed E-state index contributed by atoms with van der Waals surface area (Å²) in [4.78, 5) is 13.1. The molecular weight excluding hydrogens is 269 g/mol. The quantitative estimate of drug-likeness (QED) is 0.502. The maximum Gasteiger partial charge on any atom is 0.238 e. The summed E-state index contributed by atoms with van der Waals surface area (Å²) in [6.07, 6.45) is 0.260. The molecule has 1 amide bonds. The Labute approximate surface area is 123 Å². The predicted molar refractivity (Wildman–Crippen MR) is 81.0 cm³/mol. The number of hydrazine groups is 1. The Bertz CT molecular complexity index is 613. The van der Waals surface area contributed by atoms with Crippen LogP contribution in [0.15, 0.2) is 48.5 Å². The number of hydrogen-bond donors (Lipinski definition) is 2. The second-order valence-electron chi connectivity index (χ2n) is 4.90. The van der Waals surface area contributed by atoms with Gasteiger partial charge in [-0.15, -0.1) is 0 Å². The molecule has 0 bridgehead atoms. The molecule has 2 aromatic rings. The van der Waals surface area contributed by atoms with Crippen molar-refractivity contribution in [2.45, 2.75) is 13.0 Å². The van der Waals surface area contributed by atoms with Gasteiger partial charge in [-0.1, -0.05) is 30.3 Å². The normalized spacial score (nSPS) is 10.2. The summed E-state index contributed by atoms with van der Waals surface area (Å²) in [5.41, 5.74) is 4.91. The molecule has 0 heterocycles. The predicted octanol–water partition coefficient (Wildman–Crippen LogP) is 1.99. The summed E-state index contributed by atoms with van der Waals surface area (Å²) in [7, 11) is 1.91. The summed E-state index contributed by atoms with van der Waals surface area (Å²) < 4.78 is 13.2. The lowest BCUT2D eigenvalue weighted by Gasteiger charge is -2.19. The van der Waals surface area contributed by atoms with Gasteiger partial charge in [-0.05, 0) is 29.3 Å². The Morgan fingerprint density at radius 1 is 1.19 bits per heavy atom. The Hall–Kier alpha value is -2.40. The molecule has 0 aliphatic heterocycles. The smallest absolute Gasteiger partial charge is 0.238 e. The molecule has 3 N–H and O–H groups in total. The van der Waals surface area contributed by atoms with Crippen molar-refractivity contribution >= 4 is 11.6 Å². The van der Waals surface area contributed by atoms with Crippen LogP contribution in [0, 0.1) is 5.82 Å². The average molecular weight is 287 g/mol. The van der Waals surface area contributed by atoms with Gasteiger partial charge in [0.05, 0.1) is 6.42 Å². The van der Waals surface area contributed by atoms with Gasteiger partial charge in [0, 0.05) is 19.3 Å². The Kier molecular flexibility index (Phi) is 4.90. The van der Waals surface area contributed by atoms with Crippen LogP contribution in [-0.4, -0.2) is 13.0 Å². The monoisotopic (exact) mass is 287 g/mol. The largest absolute Gasteiger partial charge is 0.370 e. The van der Waals surface area contributed by atoms with E-state index in [1.54, 1.807) is 6.07 Å². The van der Waals surface area contributed by atoms with Crippen molar-refractivity contribution in [2.75, 3.05) is 11.9 Å². The molecule has 2 rings (SSSR count). The van der Waals surface area contributed by atoms with Crippen LogP contribution in [0.5, 0.6) is 0 Å². The number of benzene rings is 2. The first-order valence-corrected chi connectivity index (χ1v) is 6.62. The second kappa shape index (κ2) is 6.85. The van der Waals surface area contributed by atoms with E-state index >= 15 is 0 Å². The van der Waals surface area contributed by atoms with Crippen molar-refractivity contribution in [1.82, 2.24) is 5.43 Å². The van der Waals surface area contributed by atoms with Gasteiger partial charge in [-0.3, -0.25) is 10.2 Å². The molecule has 0 radical (unpaired) electrons. The van der Waals surface area contributed by atoms with Crippen molar-refractivity contribution < 1.29 is 9.18 Å². The summed E-state index contributed by atoms with van der Waals surface area (Å²) in [5.74, 6) is 4.59. The fraction of sp³-hybridized carbons (Fsp3) is 0.188. The number of anilines is 1. The van der Waals surface area contributed by atoms with Crippen molar-refractivity contribution in [1.29, 1.82) is 0 Å². The first kappa shape index (κ1) is 15.0. The van der Waals surface area contributed by atoms with Gasteiger partial charge in [-0.25, -0.2) is 10.2 Å². The molecule has 0 atom stereocenters. The molecule has 0 unspecified atom stereocenters.